The van der Waals surface area contributed by atoms with E-state index in [4.69, 9.17) is 11.6 Å². The van der Waals surface area contributed by atoms with E-state index in [1.165, 1.54) is 0 Å². The van der Waals surface area contributed by atoms with Crippen LogP contribution < -0.4 is 5.32 Å². The quantitative estimate of drug-likeness (QED) is 0.302. The molecule has 1 aromatic carbocycles. The Kier molecular flexibility index (Phi) is 8.91. The molecule has 0 radical (unpaired) electrons. The van der Waals surface area contributed by atoms with Crippen molar-refractivity contribution >= 4 is 41.5 Å². The van der Waals surface area contributed by atoms with Gasteiger partial charge in [-0.3, -0.25) is 0 Å². The maximum atomic E-state index is 5.94. The number of nitrogens with one attached hydrogen (secondary N) is 1. The van der Waals surface area contributed by atoms with E-state index in [2.05, 4.69) is 32.0 Å². The average molecular weight is 475 g/mol. The van der Waals surface area contributed by atoms with Crippen molar-refractivity contribution in [2.75, 3.05) is 13.6 Å². The van der Waals surface area contributed by atoms with Gasteiger partial charge in [0.2, 0.25) is 0 Å². The van der Waals surface area contributed by atoms with E-state index in [0.717, 1.165) is 34.7 Å². The summed E-state index contributed by atoms with van der Waals surface area (Å²) in [6, 6.07) is 7.80. The Morgan fingerprint density at radius 3 is 2.60 bits per heavy atom. The van der Waals surface area contributed by atoms with E-state index in [0.29, 0.717) is 13.1 Å². The molecule has 1 N–H and O–H groups in total. The SMILES string of the molecule is C=CCNC(=NCc1nnc(C)n1C)N(C)Cc1ccc(Cl)cc1.I. The number of aryl methyl sites for hydroxylation is 1. The Bertz CT molecular complexity index is 710. The normalized spacial score (nSPS) is 11.0. The van der Waals surface area contributed by atoms with Crippen LogP contribution in [0.2, 0.25) is 5.02 Å². The molecule has 2 aromatic rings. The van der Waals surface area contributed by atoms with Crippen LogP contribution in [0.5, 0.6) is 0 Å². The predicted octanol–water partition coefficient (Wildman–Crippen LogP) is 3.16. The third-order valence-electron chi connectivity index (χ3n) is 3.65. The Morgan fingerprint density at radius 1 is 1.36 bits per heavy atom. The van der Waals surface area contributed by atoms with Gasteiger partial charge in [0, 0.05) is 32.2 Å². The zero-order valence-electron chi connectivity index (χ0n) is 14.7. The first-order valence-corrected chi connectivity index (χ1v) is 8.08. The summed E-state index contributed by atoms with van der Waals surface area (Å²) in [5, 5.41) is 12.2. The molecular weight excluding hydrogens is 451 g/mol. The van der Waals surface area contributed by atoms with Gasteiger partial charge < -0.3 is 14.8 Å². The molecule has 0 aliphatic heterocycles. The number of halogens is 2. The number of aromatic nitrogens is 3. The molecule has 0 saturated carbocycles. The highest BCUT2D eigenvalue weighted by Crippen LogP contribution is 2.11. The van der Waals surface area contributed by atoms with Gasteiger partial charge in [-0.25, -0.2) is 4.99 Å². The standard InChI is InChI=1S/C17H23ClN6.HI/c1-5-10-19-17(20-11-16-22-21-13(2)24(16)4)23(3)12-14-6-8-15(18)9-7-14;/h5-9H,1,10-12H2,2-4H3,(H,19,20);1H. The van der Waals surface area contributed by atoms with E-state index in [9.17, 15) is 0 Å². The first kappa shape index (κ1) is 21.4. The Morgan fingerprint density at radius 2 is 2.04 bits per heavy atom. The van der Waals surface area contributed by atoms with Crippen molar-refractivity contribution in [3.05, 3.63) is 59.2 Å². The number of aliphatic imine (C=N–C) groups is 1. The third-order valence-corrected chi connectivity index (χ3v) is 3.90. The Labute approximate surface area is 171 Å². The molecule has 136 valence electrons. The van der Waals surface area contributed by atoms with Crippen LogP contribution in [0.3, 0.4) is 0 Å². The van der Waals surface area contributed by atoms with E-state index in [-0.39, 0.29) is 24.0 Å². The lowest BCUT2D eigenvalue weighted by Crippen LogP contribution is -2.38. The number of rotatable bonds is 6. The number of benzene rings is 1. The second-order valence-electron chi connectivity index (χ2n) is 5.51. The topological polar surface area (TPSA) is 58.3 Å². The summed E-state index contributed by atoms with van der Waals surface area (Å²) in [6.45, 7) is 7.49. The van der Waals surface area contributed by atoms with Crippen LogP contribution in [0.1, 0.15) is 17.2 Å². The van der Waals surface area contributed by atoms with Crippen LogP contribution in [0.4, 0.5) is 0 Å². The van der Waals surface area contributed by atoms with E-state index in [1.54, 1.807) is 6.08 Å². The second kappa shape index (κ2) is 10.4. The molecule has 1 heterocycles. The molecule has 0 atom stereocenters. The lowest BCUT2D eigenvalue weighted by Gasteiger charge is -2.22. The van der Waals surface area contributed by atoms with Gasteiger partial charge in [-0.1, -0.05) is 29.8 Å². The Hall–Kier alpha value is -1.61. The fourth-order valence-electron chi connectivity index (χ4n) is 2.15. The van der Waals surface area contributed by atoms with E-state index < -0.39 is 0 Å². The molecule has 0 aliphatic rings. The fraction of sp³-hybridized carbons (Fsp3) is 0.353. The smallest absolute Gasteiger partial charge is 0.194 e. The molecule has 0 fully saturated rings. The fourth-order valence-corrected chi connectivity index (χ4v) is 2.27. The van der Waals surface area contributed by atoms with Gasteiger partial charge >= 0.3 is 0 Å². The molecule has 0 bridgehead atoms. The molecule has 8 heteroatoms. The lowest BCUT2D eigenvalue weighted by atomic mass is 10.2. The van der Waals surface area contributed by atoms with Crippen LogP contribution in [-0.2, 0) is 20.1 Å². The van der Waals surface area contributed by atoms with Crippen molar-refractivity contribution in [2.24, 2.45) is 12.0 Å². The van der Waals surface area contributed by atoms with E-state index in [1.807, 2.05) is 49.9 Å². The number of hydrogen-bond acceptors (Lipinski definition) is 3. The summed E-state index contributed by atoms with van der Waals surface area (Å²) >= 11 is 5.94. The summed E-state index contributed by atoms with van der Waals surface area (Å²) < 4.78 is 1.94. The molecule has 2 rings (SSSR count). The van der Waals surface area contributed by atoms with Gasteiger partial charge in [0.1, 0.15) is 12.4 Å². The lowest BCUT2D eigenvalue weighted by molar-refractivity contribution is 0.477. The van der Waals surface area contributed by atoms with Gasteiger partial charge in [-0.05, 0) is 24.6 Å². The highest BCUT2D eigenvalue weighted by Gasteiger charge is 2.09. The highest BCUT2D eigenvalue weighted by molar-refractivity contribution is 14.0. The molecule has 1 aromatic heterocycles. The maximum absolute atomic E-state index is 5.94. The summed E-state index contributed by atoms with van der Waals surface area (Å²) in [7, 11) is 3.93. The van der Waals surface area contributed by atoms with Crippen molar-refractivity contribution in [1.82, 2.24) is 25.0 Å². The number of hydrogen-bond donors (Lipinski definition) is 1. The van der Waals surface area contributed by atoms with Gasteiger partial charge in [-0.2, -0.15) is 0 Å². The molecule has 6 nitrogen and oxygen atoms in total. The minimum Gasteiger partial charge on any atom is -0.353 e. The van der Waals surface area contributed by atoms with Crippen molar-refractivity contribution in [3.8, 4) is 0 Å². The zero-order chi connectivity index (χ0) is 17.5. The predicted molar refractivity (Wildman–Crippen MR) is 113 cm³/mol. The van der Waals surface area contributed by atoms with Crippen molar-refractivity contribution < 1.29 is 0 Å². The Balaban J connectivity index is 0.00000312. The zero-order valence-corrected chi connectivity index (χ0v) is 17.8. The van der Waals surface area contributed by atoms with Gasteiger partial charge in [0.05, 0.1) is 0 Å². The van der Waals surface area contributed by atoms with Crippen molar-refractivity contribution in [3.63, 3.8) is 0 Å². The molecule has 0 saturated heterocycles. The van der Waals surface area contributed by atoms with Gasteiger partial charge in [-0.15, -0.1) is 40.8 Å². The largest absolute Gasteiger partial charge is 0.353 e. The van der Waals surface area contributed by atoms with Crippen LogP contribution in [0, 0.1) is 6.92 Å². The second-order valence-corrected chi connectivity index (χ2v) is 5.95. The summed E-state index contributed by atoms with van der Waals surface area (Å²) in [5.41, 5.74) is 1.16. The first-order chi connectivity index (χ1) is 11.5. The summed E-state index contributed by atoms with van der Waals surface area (Å²) in [4.78, 5) is 6.71. The van der Waals surface area contributed by atoms with Crippen molar-refractivity contribution in [2.45, 2.75) is 20.0 Å². The average Bonchev–Trinajstić information content (AvgIpc) is 2.89. The van der Waals surface area contributed by atoms with Crippen LogP contribution in [0.15, 0.2) is 41.9 Å². The summed E-state index contributed by atoms with van der Waals surface area (Å²) in [5.74, 6) is 2.48. The van der Waals surface area contributed by atoms with E-state index >= 15 is 0 Å². The minimum atomic E-state index is 0. The van der Waals surface area contributed by atoms with Gasteiger partial charge in [0.25, 0.3) is 0 Å². The number of nitrogens with zero attached hydrogens (tertiary/aromatic N) is 5. The molecule has 0 aliphatic carbocycles. The molecule has 0 unspecified atom stereocenters. The molecule has 0 spiro atoms. The summed E-state index contributed by atoms with van der Waals surface area (Å²) in [6.07, 6.45) is 1.80. The highest BCUT2D eigenvalue weighted by atomic mass is 127. The molecular formula is C17H24ClIN6. The third kappa shape index (κ3) is 6.32. The van der Waals surface area contributed by atoms with Gasteiger partial charge in [0.15, 0.2) is 11.8 Å². The molecule has 0 amide bonds. The van der Waals surface area contributed by atoms with Crippen LogP contribution in [0.25, 0.3) is 0 Å². The first-order valence-electron chi connectivity index (χ1n) is 7.71. The molecule has 25 heavy (non-hydrogen) atoms. The van der Waals surface area contributed by atoms with Crippen LogP contribution >= 0.6 is 35.6 Å². The monoisotopic (exact) mass is 474 g/mol. The number of guanidine groups is 1. The van der Waals surface area contributed by atoms with Crippen LogP contribution in [-0.4, -0.2) is 39.2 Å². The minimum absolute atomic E-state index is 0. The van der Waals surface area contributed by atoms with Crippen molar-refractivity contribution in [1.29, 1.82) is 0 Å². The maximum Gasteiger partial charge on any atom is 0.194 e.